The fourth-order valence-corrected chi connectivity index (χ4v) is 0.953. The Balaban J connectivity index is 0.000000195. The maximum atomic E-state index is 8.49. The van der Waals surface area contributed by atoms with Crippen LogP contribution in [0.15, 0.2) is 36.7 Å². The van der Waals surface area contributed by atoms with Gasteiger partial charge in [-0.25, -0.2) is 28.6 Å². The van der Waals surface area contributed by atoms with Crippen LogP contribution < -0.4 is 23.6 Å². The molecule has 0 spiro atoms. The molecule has 15 heavy (non-hydrogen) atoms. The molecule has 0 atom stereocenters. The molecule has 0 aliphatic rings. The first-order valence-corrected chi connectivity index (χ1v) is 5.03. The van der Waals surface area contributed by atoms with Crippen LogP contribution in [0.1, 0.15) is 0 Å². The molecule has 0 radical (unpaired) electrons. The van der Waals surface area contributed by atoms with Gasteiger partial charge in [0.2, 0.25) is 5.52 Å². The van der Waals surface area contributed by atoms with Gasteiger partial charge in [0, 0.05) is 6.07 Å². The molecule has 7 heteroatoms. The normalized spacial score (nSPS) is 10.7. The molecule has 0 fully saturated rings. The third-order valence-electron chi connectivity index (χ3n) is 1.43. The molecule has 80 valence electrons. The van der Waals surface area contributed by atoms with Crippen molar-refractivity contribution in [3.8, 4) is 0 Å². The van der Waals surface area contributed by atoms with Crippen LogP contribution in [0.2, 0.25) is 0 Å². The summed E-state index contributed by atoms with van der Waals surface area (Å²) >= 11 is 0. The third-order valence-corrected chi connectivity index (χ3v) is 1.43. The summed E-state index contributed by atoms with van der Waals surface area (Å²) in [4.78, 5) is 7.24. The van der Waals surface area contributed by atoms with Crippen LogP contribution in [0.5, 0.6) is 0 Å². The Bertz CT molecular complexity index is 361. The van der Waals surface area contributed by atoms with Gasteiger partial charge in [0.15, 0.2) is 6.20 Å². The number of benzene rings is 1. The Kier molecular flexibility index (Phi) is 3.89. The summed E-state index contributed by atoms with van der Waals surface area (Å²) in [6.45, 7) is 0. The van der Waals surface area contributed by atoms with E-state index in [9.17, 15) is 0 Å². The zero-order chi connectivity index (χ0) is 11.3. The zero-order valence-electron chi connectivity index (χ0n) is 7.42. The van der Waals surface area contributed by atoms with Gasteiger partial charge in [0.25, 0.3) is 0 Å². The average Bonchev–Trinajstić information content (AvgIpc) is 2.16. The number of nitrogens with one attached hydrogen (secondary N) is 1. The Labute approximate surface area is 87.2 Å². The summed E-state index contributed by atoms with van der Waals surface area (Å²) in [5, 5.41) is 0. The predicted octanol–water partition coefficient (Wildman–Crippen LogP) is -3.71. The first-order chi connectivity index (χ1) is 6.97. The van der Waals surface area contributed by atoms with Crippen molar-refractivity contribution in [3.05, 3.63) is 36.7 Å². The van der Waals surface area contributed by atoms with E-state index in [1.165, 1.54) is 0 Å². The van der Waals surface area contributed by atoms with E-state index in [2.05, 4.69) is 9.97 Å². The molecule has 1 heterocycles. The van der Waals surface area contributed by atoms with Crippen LogP contribution in [-0.2, 0) is 0 Å². The molecule has 1 N–H and O–H groups in total. The molecule has 6 nitrogen and oxygen atoms in total. The molecule has 2 rings (SSSR count). The first kappa shape index (κ1) is 11.8. The number of nitrogens with zero attached hydrogens (tertiary/aromatic N) is 1. The third kappa shape index (κ3) is 5.21. The quantitative estimate of drug-likeness (QED) is 0.461. The maximum Gasteiger partial charge on any atom is 0.229 e. The SMILES string of the molecule is [O-][Cl+3]([O-])([O-])[O-].c1ccc2[nH+]ccnc2c1. The van der Waals surface area contributed by atoms with Crippen molar-refractivity contribution in [1.29, 1.82) is 0 Å². The first-order valence-electron chi connectivity index (χ1n) is 3.80. The van der Waals surface area contributed by atoms with E-state index in [0.717, 1.165) is 11.0 Å². The summed E-state index contributed by atoms with van der Waals surface area (Å²) in [6.07, 6.45) is 3.57. The predicted molar refractivity (Wildman–Crippen MR) is 38.3 cm³/mol. The van der Waals surface area contributed by atoms with Gasteiger partial charge in [-0.3, -0.25) is 0 Å². The molecule has 0 unspecified atom stereocenters. The Morgan fingerprint density at radius 2 is 1.67 bits per heavy atom. The van der Waals surface area contributed by atoms with Crippen molar-refractivity contribution in [1.82, 2.24) is 4.98 Å². The van der Waals surface area contributed by atoms with Gasteiger partial charge < -0.3 is 0 Å². The minimum absolute atomic E-state index is 1.00. The van der Waals surface area contributed by atoms with Crippen molar-refractivity contribution >= 4 is 11.0 Å². The highest BCUT2D eigenvalue weighted by molar-refractivity contribution is 5.69. The number of rotatable bonds is 0. The van der Waals surface area contributed by atoms with E-state index in [4.69, 9.17) is 18.6 Å². The molecule has 0 aliphatic heterocycles. The lowest BCUT2D eigenvalue weighted by atomic mass is 10.3. The lowest BCUT2D eigenvalue weighted by molar-refractivity contribution is -2.00. The lowest BCUT2D eigenvalue weighted by Gasteiger charge is -2.17. The van der Waals surface area contributed by atoms with Crippen molar-refractivity contribution in [2.45, 2.75) is 0 Å². The summed E-state index contributed by atoms with van der Waals surface area (Å²) in [7, 11) is -4.94. The minimum atomic E-state index is -4.94. The second-order valence-electron chi connectivity index (χ2n) is 2.48. The maximum absolute atomic E-state index is 8.49. The molecule has 1 aromatic carbocycles. The van der Waals surface area contributed by atoms with E-state index in [-0.39, 0.29) is 0 Å². The largest absolute Gasteiger partial charge is 0.244 e. The van der Waals surface area contributed by atoms with Crippen molar-refractivity contribution in [2.75, 3.05) is 0 Å². The van der Waals surface area contributed by atoms with Crippen LogP contribution in [0.4, 0.5) is 0 Å². The number of aromatic amines is 1. The fraction of sp³-hybridized carbons (Fsp3) is 0. The molecular weight excluding hydrogens is 224 g/mol. The molecule has 0 amide bonds. The van der Waals surface area contributed by atoms with E-state index in [1.54, 1.807) is 6.20 Å². The second-order valence-corrected chi connectivity index (χ2v) is 3.24. The molecule has 2 aromatic rings. The highest BCUT2D eigenvalue weighted by Gasteiger charge is 1.94. The van der Waals surface area contributed by atoms with Crippen LogP contribution in [0.3, 0.4) is 0 Å². The Morgan fingerprint density at radius 1 is 1.07 bits per heavy atom. The summed E-state index contributed by atoms with van der Waals surface area (Å²) in [5.41, 5.74) is 2.08. The molecule has 0 aliphatic carbocycles. The van der Waals surface area contributed by atoms with E-state index < -0.39 is 10.2 Å². The van der Waals surface area contributed by atoms with Crippen LogP contribution in [0.25, 0.3) is 11.0 Å². The van der Waals surface area contributed by atoms with Crippen LogP contribution in [-0.4, -0.2) is 4.98 Å². The van der Waals surface area contributed by atoms with E-state index in [1.807, 2.05) is 30.5 Å². The second kappa shape index (κ2) is 4.96. The van der Waals surface area contributed by atoms with Gasteiger partial charge in [-0.2, -0.15) is 0 Å². The van der Waals surface area contributed by atoms with E-state index in [0.29, 0.717) is 0 Å². The lowest BCUT2D eigenvalue weighted by Crippen LogP contribution is -2.68. The number of fused-ring (bicyclic) bond motifs is 1. The molecular formula is C8H7ClN2O4. The number of aromatic nitrogens is 2. The highest BCUT2D eigenvalue weighted by Crippen LogP contribution is 2.01. The van der Waals surface area contributed by atoms with Crippen molar-refractivity contribution in [2.24, 2.45) is 0 Å². The van der Waals surface area contributed by atoms with Gasteiger partial charge in [0.05, 0.1) is 6.20 Å². The monoisotopic (exact) mass is 230 g/mol. The fourth-order valence-electron chi connectivity index (χ4n) is 0.953. The van der Waals surface area contributed by atoms with Gasteiger partial charge >= 0.3 is 0 Å². The zero-order valence-corrected chi connectivity index (χ0v) is 8.18. The number of hydrogen-bond donors (Lipinski definition) is 0. The average molecular weight is 231 g/mol. The number of hydrogen-bond acceptors (Lipinski definition) is 5. The topological polar surface area (TPSA) is 119 Å². The van der Waals surface area contributed by atoms with Crippen molar-refractivity contribution < 1.29 is 33.9 Å². The smallest absolute Gasteiger partial charge is 0.229 e. The molecule has 0 bridgehead atoms. The van der Waals surface area contributed by atoms with Gasteiger partial charge in [0.1, 0.15) is 5.52 Å². The number of H-pyrrole nitrogens is 1. The summed E-state index contributed by atoms with van der Waals surface area (Å²) in [6, 6.07) is 7.94. The van der Waals surface area contributed by atoms with Gasteiger partial charge in [-0.05, 0) is 6.07 Å². The van der Waals surface area contributed by atoms with Gasteiger partial charge in [-0.15, -0.1) is 10.2 Å². The number of halogens is 1. The highest BCUT2D eigenvalue weighted by atomic mass is 35.7. The summed E-state index contributed by atoms with van der Waals surface area (Å²) < 4.78 is 34.0. The van der Waals surface area contributed by atoms with Gasteiger partial charge in [-0.1, -0.05) is 12.1 Å². The van der Waals surface area contributed by atoms with E-state index >= 15 is 0 Å². The Morgan fingerprint density at radius 3 is 2.27 bits per heavy atom. The summed E-state index contributed by atoms with van der Waals surface area (Å²) in [5.74, 6) is 0. The van der Waals surface area contributed by atoms with Crippen LogP contribution >= 0.6 is 0 Å². The van der Waals surface area contributed by atoms with Crippen LogP contribution in [0, 0.1) is 10.2 Å². The van der Waals surface area contributed by atoms with Crippen molar-refractivity contribution in [3.63, 3.8) is 0 Å². The molecule has 1 aromatic heterocycles. The molecule has 0 saturated carbocycles. The standard InChI is InChI=1S/C8H6N2.ClHO4/c1-2-4-8-7(3-1)9-5-6-10-8;2-1(3,4)5/h1-6H;(H,2,3,4,5). The number of para-hydroxylation sites is 2. The minimum Gasteiger partial charge on any atom is -0.244 e. The molecule has 0 saturated heterocycles. The Hall–Kier alpha value is -1.31.